The second-order valence-electron chi connectivity index (χ2n) is 7.15. The third-order valence-corrected chi connectivity index (χ3v) is 5.12. The van der Waals surface area contributed by atoms with Crippen molar-refractivity contribution in [1.82, 2.24) is 9.97 Å². The topological polar surface area (TPSA) is 92.3 Å². The zero-order chi connectivity index (χ0) is 25.5. The highest BCUT2D eigenvalue weighted by atomic mass is 35.5. The van der Waals surface area contributed by atoms with E-state index in [0.29, 0.717) is 22.0 Å². The summed E-state index contributed by atoms with van der Waals surface area (Å²) in [4.78, 5) is 40.2. The minimum atomic E-state index is -0.196. The van der Waals surface area contributed by atoms with Crippen molar-refractivity contribution in [2.45, 2.75) is 33.6 Å². The van der Waals surface area contributed by atoms with Crippen LogP contribution >= 0.6 is 11.6 Å². The zero-order valence-corrected chi connectivity index (χ0v) is 20.6. The Labute approximate surface area is 206 Å². The molecule has 1 aromatic carbocycles. The van der Waals surface area contributed by atoms with Crippen molar-refractivity contribution >= 4 is 42.6 Å². The van der Waals surface area contributed by atoms with Crippen molar-refractivity contribution in [3.05, 3.63) is 71.0 Å². The first kappa shape index (κ1) is 28.5. The van der Waals surface area contributed by atoms with Crippen LogP contribution in [-0.2, 0) is 9.59 Å². The zero-order valence-electron chi connectivity index (χ0n) is 19.9. The fraction of sp³-hybridized carbons (Fsp3) is 0.269. The predicted octanol–water partition coefficient (Wildman–Crippen LogP) is 5.61. The first-order valence-electron chi connectivity index (χ1n) is 10.9. The highest BCUT2D eigenvalue weighted by molar-refractivity contribution is 6.33. The van der Waals surface area contributed by atoms with E-state index in [1.165, 1.54) is 0 Å². The molecule has 34 heavy (non-hydrogen) atoms. The average molecular weight is 483 g/mol. The maximum Gasteiger partial charge on any atom is 0.257 e. The Morgan fingerprint density at radius 2 is 1.68 bits per heavy atom. The number of hydrogen-bond acceptors (Lipinski definition) is 6. The number of pyridine rings is 2. The van der Waals surface area contributed by atoms with Gasteiger partial charge in [0.1, 0.15) is 19.4 Å². The molecule has 0 aliphatic rings. The molecule has 8 heteroatoms. The molecule has 0 aliphatic heterocycles. The number of carbonyl (C=O) groups is 3. The Morgan fingerprint density at radius 3 is 2.24 bits per heavy atom. The lowest BCUT2D eigenvalue weighted by molar-refractivity contribution is -0.0987. The lowest BCUT2D eigenvalue weighted by Crippen LogP contribution is -2.26. The van der Waals surface area contributed by atoms with E-state index >= 15 is 0 Å². The fourth-order valence-corrected chi connectivity index (χ4v) is 3.58. The summed E-state index contributed by atoms with van der Waals surface area (Å²) < 4.78 is 0. The minimum absolute atomic E-state index is 0.196. The van der Waals surface area contributed by atoms with Crippen LogP contribution in [0.3, 0.4) is 0 Å². The number of aromatic nitrogens is 2. The van der Waals surface area contributed by atoms with Crippen LogP contribution in [0, 0.1) is 6.92 Å². The van der Waals surface area contributed by atoms with Gasteiger partial charge in [0.05, 0.1) is 22.0 Å². The molecular formula is C26H31ClN4O3. The quantitative estimate of drug-likeness (QED) is 0.448. The smallest absolute Gasteiger partial charge is 0.257 e. The van der Waals surface area contributed by atoms with Crippen LogP contribution < -0.4 is 10.2 Å². The number of amides is 1. The highest BCUT2D eigenvalue weighted by Crippen LogP contribution is 2.29. The van der Waals surface area contributed by atoms with Crippen LogP contribution in [0.4, 0.5) is 11.5 Å². The van der Waals surface area contributed by atoms with E-state index in [-0.39, 0.29) is 5.91 Å². The molecule has 1 amide bonds. The second-order valence-corrected chi connectivity index (χ2v) is 7.56. The van der Waals surface area contributed by atoms with Crippen LogP contribution in [-0.4, -0.2) is 42.5 Å². The van der Waals surface area contributed by atoms with Crippen molar-refractivity contribution in [2.75, 3.05) is 23.3 Å². The Kier molecular flexibility index (Phi) is 12.8. The van der Waals surface area contributed by atoms with Gasteiger partial charge < -0.3 is 19.8 Å². The summed E-state index contributed by atoms with van der Waals surface area (Å²) in [6.45, 7) is 12.1. The molecule has 0 radical (unpaired) electrons. The number of nitrogens with zero attached hydrogens (tertiary/aromatic N) is 3. The van der Waals surface area contributed by atoms with E-state index in [9.17, 15) is 4.79 Å². The summed E-state index contributed by atoms with van der Waals surface area (Å²) in [7, 11) is 0. The second kappa shape index (κ2) is 15.3. The van der Waals surface area contributed by atoms with E-state index in [4.69, 9.17) is 21.2 Å². The van der Waals surface area contributed by atoms with Gasteiger partial charge in [0.25, 0.3) is 5.91 Å². The number of aryl methyl sites for hydroxylation is 1. The summed E-state index contributed by atoms with van der Waals surface area (Å²) in [5.41, 5.74) is 3.46. The summed E-state index contributed by atoms with van der Waals surface area (Å²) >= 11 is 6.34. The Bertz CT molecular complexity index is 1040. The number of carbonyl (C=O) groups excluding carboxylic acids is 3. The standard InChI is InChI=1S/C24H27ClN4O.2CH2O/c1-4-14-29(15-5-2)23-12-10-19(17(3)27-23)24(30)28-18-9-11-21(25)20(16-18)22-8-6-7-13-26-22;2*1-2/h6-13,16H,4-5,14-15H2,1-3H3,(H,28,30);2*1H2. The molecule has 2 heterocycles. The molecule has 180 valence electrons. The molecule has 0 saturated heterocycles. The van der Waals surface area contributed by atoms with E-state index in [1.807, 2.05) is 56.9 Å². The van der Waals surface area contributed by atoms with Crippen LogP contribution in [0.15, 0.2) is 54.7 Å². The molecule has 1 N–H and O–H groups in total. The van der Waals surface area contributed by atoms with Gasteiger partial charge in [-0.1, -0.05) is 31.5 Å². The van der Waals surface area contributed by atoms with Gasteiger partial charge in [-0.15, -0.1) is 0 Å². The molecule has 3 aromatic rings. The van der Waals surface area contributed by atoms with Gasteiger partial charge in [0, 0.05) is 30.5 Å². The third-order valence-electron chi connectivity index (χ3n) is 4.79. The number of anilines is 2. The van der Waals surface area contributed by atoms with E-state index < -0.39 is 0 Å². The maximum atomic E-state index is 12.9. The fourth-order valence-electron chi connectivity index (χ4n) is 3.36. The molecule has 7 nitrogen and oxygen atoms in total. The number of hydrogen-bond donors (Lipinski definition) is 1. The molecule has 2 aromatic heterocycles. The van der Waals surface area contributed by atoms with Crippen LogP contribution in [0.1, 0.15) is 42.7 Å². The summed E-state index contributed by atoms with van der Waals surface area (Å²) in [6.07, 6.45) is 3.82. The van der Waals surface area contributed by atoms with Gasteiger partial charge in [-0.25, -0.2) is 4.98 Å². The van der Waals surface area contributed by atoms with Gasteiger partial charge in [0.2, 0.25) is 0 Å². The van der Waals surface area contributed by atoms with E-state index in [1.54, 1.807) is 18.3 Å². The third kappa shape index (κ3) is 7.78. The molecular weight excluding hydrogens is 452 g/mol. The molecule has 0 spiro atoms. The highest BCUT2D eigenvalue weighted by Gasteiger charge is 2.15. The minimum Gasteiger partial charge on any atom is -0.357 e. The largest absolute Gasteiger partial charge is 0.357 e. The molecule has 0 aliphatic carbocycles. The van der Waals surface area contributed by atoms with Crippen molar-refractivity contribution in [2.24, 2.45) is 0 Å². The van der Waals surface area contributed by atoms with E-state index in [2.05, 4.69) is 34.0 Å². The van der Waals surface area contributed by atoms with Crippen molar-refractivity contribution in [3.8, 4) is 11.3 Å². The van der Waals surface area contributed by atoms with E-state index in [0.717, 1.165) is 43.0 Å². The maximum absolute atomic E-state index is 12.9. The van der Waals surface area contributed by atoms with Gasteiger partial charge in [-0.2, -0.15) is 0 Å². The molecule has 0 atom stereocenters. The molecule has 0 saturated carbocycles. The Balaban J connectivity index is 0.00000137. The molecule has 3 rings (SSSR count). The number of nitrogens with one attached hydrogen (secondary N) is 1. The summed E-state index contributed by atoms with van der Waals surface area (Å²) in [6, 6.07) is 14.8. The van der Waals surface area contributed by atoms with Gasteiger partial charge >= 0.3 is 0 Å². The Morgan fingerprint density at radius 1 is 1.00 bits per heavy atom. The van der Waals surface area contributed by atoms with Gasteiger partial charge in [-0.05, 0) is 62.2 Å². The predicted molar refractivity (Wildman–Crippen MR) is 139 cm³/mol. The molecule has 0 bridgehead atoms. The number of rotatable bonds is 8. The lowest BCUT2D eigenvalue weighted by Gasteiger charge is -2.23. The normalized spacial score (nSPS) is 9.65. The van der Waals surface area contributed by atoms with Crippen LogP contribution in [0.25, 0.3) is 11.3 Å². The SMILES string of the molecule is C=O.C=O.CCCN(CCC)c1ccc(C(=O)Nc2ccc(Cl)c(-c3ccccn3)c2)c(C)n1. The monoisotopic (exact) mass is 482 g/mol. The first-order chi connectivity index (χ1) is 16.5. The average Bonchev–Trinajstić information content (AvgIpc) is 2.88. The van der Waals surface area contributed by atoms with Crippen molar-refractivity contribution in [1.29, 1.82) is 0 Å². The molecule has 0 unspecified atom stereocenters. The van der Waals surface area contributed by atoms with Gasteiger partial charge in [-0.3, -0.25) is 9.78 Å². The Hall–Kier alpha value is -3.58. The first-order valence-corrected chi connectivity index (χ1v) is 11.2. The van der Waals surface area contributed by atoms with Gasteiger partial charge in [0.15, 0.2) is 0 Å². The lowest BCUT2D eigenvalue weighted by atomic mass is 10.1. The summed E-state index contributed by atoms with van der Waals surface area (Å²) in [5.74, 6) is 0.718. The number of halogens is 1. The summed E-state index contributed by atoms with van der Waals surface area (Å²) in [5, 5.41) is 3.54. The number of benzene rings is 1. The van der Waals surface area contributed by atoms with Crippen LogP contribution in [0.5, 0.6) is 0 Å². The van der Waals surface area contributed by atoms with Crippen molar-refractivity contribution < 1.29 is 14.4 Å². The molecule has 0 fully saturated rings. The van der Waals surface area contributed by atoms with Crippen LogP contribution in [0.2, 0.25) is 5.02 Å². The van der Waals surface area contributed by atoms with Crippen molar-refractivity contribution in [3.63, 3.8) is 0 Å².